The van der Waals surface area contributed by atoms with E-state index in [2.05, 4.69) is 20.3 Å². The average molecular weight is 333 g/mol. The molecular formula is C15H10Cl2N4O. The van der Waals surface area contributed by atoms with Gasteiger partial charge in [-0.15, -0.1) is 0 Å². The molecule has 0 fully saturated rings. The van der Waals surface area contributed by atoms with Gasteiger partial charge in [-0.1, -0.05) is 53.5 Å². The summed E-state index contributed by atoms with van der Waals surface area (Å²) in [6.45, 7) is 0. The van der Waals surface area contributed by atoms with Crippen molar-refractivity contribution < 1.29 is 4.79 Å². The molecule has 0 saturated heterocycles. The van der Waals surface area contributed by atoms with E-state index in [1.165, 1.54) is 6.07 Å². The third-order valence-corrected chi connectivity index (χ3v) is 3.60. The summed E-state index contributed by atoms with van der Waals surface area (Å²) in [5.74, 6) is 0.217. The van der Waals surface area contributed by atoms with Crippen LogP contribution in [0.5, 0.6) is 0 Å². The molecule has 3 rings (SSSR count). The molecule has 0 atom stereocenters. The van der Waals surface area contributed by atoms with E-state index in [1.54, 1.807) is 12.4 Å². The third-order valence-electron chi connectivity index (χ3n) is 2.91. The van der Waals surface area contributed by atoms with Gasteiger partial charge in [0.25, 0.3) is 5.91 Å². The fourth-order valence-corrected chi connectivity index (χ4v) is 2.17. The Morgan fingerprint density at radius 2 is 1.77 bits per heavy atom. The van der Waals surface area contributed by atoms with E-state index in [0.717, 1.165) is 5.56 Å². The van der Waals surface area contributed by atoms with Crippen LogP contribution in [0.3, 0.4) is 0 Å². The second-order valence-electron chi connectivity index (χ2n) is 4.46. The summed E-state index contributed by atoms with van der Waals surface area (Å²) in [7, 11) is 0. The lowest BCUT2D eigenvalue weighted by molar-refractivity contribution is 0.102. The number of rotatable bonds is 3. The van der Waals surface area contributed by atoms with Gasteiger partial charge in [0.05, 0.1) is 23.1 Å². The highest BCUT2D eigenvalue weighted by Gasteiger charge is 2.12. The van der Waals surface area contributed by atoms with Crippen LogP contribution in [0.25, 0.3) is 11.4 Å². The first kappa shape index (κ1) is 14.6. The Balaban J connectivity index is 1.75. The van der Waals surface area contributed by atoms with Crippen LogP contribution in [0.2, 0.25) is 10.2 Å². The summed E-state index contributed by atoms with van der Waals surface area (Å²) in [6, 6.07) is 11.0. The van der Waals surface area contributed by atoms with Gasteiger partial charge in [-0.25, -0.2) is 9.97 Å². The number of halogens is 2. The molecule has 3 aromatic rings. The van der Waals surface area contributed by atoms with Gasteiger partial charge in [-0.05, 0) is 6.07 Å². The van der Waals surface area contributed by atoms with Crippen molar-refractivity contribution in [2.75, 3.05) is 5.32 Å². The van der Waals surface area contributed by atoms with Crippen molar-refractivity contribution in [2.24, 2.45) is 0 Å². The van der Waals surface area contributed by atoms with Crippen LogP contribution >= 0.6 is 23.2 Å². The first-order valence-electron chi connectivity index (χ1n) is 6.36. The van der Waals surface area contributed by atoms with E-state index in [1.807, 2.05) is 30.3 Å². The van der Waals surface area contributed by atoms with Crippen LogP contribution in [-0.2, 0) is 0 Å². The minimum atomic E-state index is -0.370. The maximum Gasteiger partial charge on any atom is 0.272 e. The van der Waals surface area contributed by atoms with Gasteiger partial charge in [0.1, 0.15) is 10.8 Å². The number of amides is 1. The zero-order valence-electron chi connectivity index (χ0n) is 11.2. The van der Waals surface area contributed by atoms with Crippen LogP contribution in [0.4, 0.5) is 5.69 Å². The molecule has 110 valence electrons. The molecule has 7 heteroatoms. The monoisotopic (exact) mass is 332 g/mol. The van der Waals surface area contributed by atoms with Crippen LogP contribution in [0.1, 0.15) is 10.5 Å². The third kappa shape index (κ3) is 3.10. The molecular weight excluding hydrogens is 323 g/mol. The minimum Gasteiger partial charge on any atom is -0.340 e. The number of carbonyl (C=O) groups is 1. The topological polar surface area (TPSA) is 70.7 Å². The first-order valence-corrected chi connectivity index (χ1v) is 7.12. The molecule has 2 heterocycles. The zero-order valence-corrected chi connectivity index (χ0v) is 12.7. The van der Waals surface area contributed by atoms with E-state index in [-0.39, 0.29) is 16.8 Å². The molecule has 0 unspecified atom stereocenters. The molecule has 2 N–H and O–H groups in total. The van der Waals surface area contributed by atoms with Crippen molar-refractivity contribution in [3.8, 4) is 11.4 Å². The van der Waals surface area contributed by atoms with Crippen LogP contribution in [-0.4, -0.2) is 20.9 Å². The Morgan fingerprint density at radius 1 is 1.09 bits per heavy atom. The van der Waals surface area contributed by atoms with Crippen LogP contribution in [0.15, 0.2) is 48.8 Å². The van der Waals surface area contributed by atoms with Crippen molar-refractivity contribution >= 4 is 34.8 Å². The second-order valence-corrected chi connectivity index (χ2v) is 5.25. The lowest BCUT2D eigenvalue weighted by Crippen LogP contribution is -2.12. The van der Waals surface area contributed by atoms with E-state index in [0.29, 0.717) is 16.5 Å². The van der Waals surface area contributed by atoms with Gasteiger partial charge in [0.2, 0.25) is 0 Å². The summed E-state index contributed by atoms with van der Waals surface area (Å²) in [5, 5.41) is 3.18. The van der Waals surface area contributed by atoms with Crippen molar-refractivity contribution in [3.63, 3.8) is 0 Å². The SMILES string of the molecule is O=C(Nc1cnc(-c2ccccc2)nc1)c1cc(Cl)c(Cl)[nH]1. The van der Waals surface area contributed by atoms with Crippen molar-refractivity contribution in [2.45, 2.75) is 0 Å². The number of nitrogens with one attached hydrogen (secondary N) is 2. The Bertz CT molecular complexity index is 781. The molecule has 1 aromatic carbocycles. The molecule has 22 heavy (non-hydrogen) atoms. The summed E-state index contributed by atoms with van der Waals surface area (Å²) in [6.07, 6.45) is 3.08. The lowest BCUT2D eigenvalue weighted by Gasteiger charge is -2.04. The largest absolute Gasteiger partial charge is 0.340 e. The summed E-state index contributed by atoms with van der Waals surface area (Å²) in [4.78, 5) is 23.2. The second kappa shape index (κ2) is 6.17. The van der Waals surface area contributed by atoms with E-state index in [9.17, 15) is 4.79 Å². The molecule has 0 aliphatic rings. The minimum absolute atomic E-state index is 0.225. The molecule has 0 aliphatic carbocycles. The highest BCUT2D eigenvalue weighted by Crippen LogP contribution is 2.22. The number of H-pyrrole nitrogens is 1. The fourth-order valence-electron chi connectivity index (χ4n) is 1.85. The molecule has 0 saturated carbocycles. The summed E-state index contributed by atoms with van der Waals surface area (Å²) in [5.41, 5.74) is 1.65. The molecule has 2 aromatic heterocycles. The molecule has 0 spiro atoms. The Hall–Kier alpha value is -2.37. The highest BCUT2D eigenvalue weighted by molar-refractivity contribution is 6.41. The quantitative estimate of drug-likeness (QED) is 0.760. The van der Waals surface area contributed by atoms with Crippen molar-refractivity contribution in [3.05, 3.63) is 64.7 Å². The standard InChI is InChI=1S/C15H10Cl2N4O/c16-11-6-12(21-13(11)17)15(22)20-10-7-18-14(19-8-10)9-4-2-1-3-5-9/h1-8,21H,(H,20,22). The number of hydrogen-bond donors (Lipinski definition) is 2. The molecule has 0 radical (unpaired) electrons. The predicted molar refractivity (Wildman–Crippen MR) is 86.2 cm³/mol. The van der Waals surface area contributed by atoms with Gasteiger partial charge in [-0.3, -0.25) is 4.79 Å². The van der Waals surface area contributed by atoms with Crippen molar-refractivity contribution in [1.82, 2.24) is 15.0 Å². The van der Waals surface area contributed by atoms with Gasteiger partial charge in [0, 0.05) is 5.56 Å². The number of hydrogen-bond acceptors (Lipinski definition) is 3. The van der Waals surface area contributed by atoms with E-state index in [4.69, 9.17) is 23.2 Å². The predicted octanol–water partition coefficient (Wildman–Crippen LogP) is 4.03. The van der Waals surface area contributed by atoms with Crippen LogP contribution in [0, 0.1) is 0 Å². The Labute approximate surface area is 136 Å². The number of aromatic amines is 1. The Morgan fingerprint density at radius 3 is 2.36 bits per heavy atom. The van der Waals surface area contributed by atoms with E-state index >= 15 is 0 Å². The van der Waals surface area contributed by atoms with Gasteiger partial charge in [-0.2, -0.15) is 0 Å². The molecule has 5 nitrogen and oxygen atoms in total. The number of benzene rings is 1. The van der Waals surface area contributed by atoms with Gasteiger partial charge < -0.3 is 10.3 Å². The normalized spacial score (nSPS) is 10.5. The summed E-state index contributed by atoms with van der Waals surface area (Å²) < 4.78 is 0. The van der Waals surface area contributed by atoms with Gasteiger partial charge >= 0.3 is 0 Å². The Kier molecular flexibility index (Phi) is 4.09. The number of anilines is 1. The van der Waals surface area contributed by atoms with Crippen LogP contribution < -0.4 is 5.32 Å². The molecule has 1 amide bonds. The maximum absolute atomic E-state index is 12.0. The van der Waals surface area contributed by atoms with E-state index < -0.39 is 0 Å². The smallest absolute Gasteiger partial charge is 0.272 e. The lowest BCUT2D eigenvalue weighted by atomic mass is 10.2. The fraction of sp³-hybridized carbons (Fsp3) is 0. The molecule has 0 aliphatic heterocycles. The van der Waals surface area contributed by atoms with Gasteiger partial charge in [0.15, 0.2) is 5.82 Å². The number of nitrogens with zero attached hydrogens (tertiary/aromatic N) is 2. The van der Waals surface area contributed by atoms with Crippen molar-refractivity contribution in [1.29, 1.82) is 0 Å². The number of aromatic nitrogens is 3. The molecule has 0 bridgehead atoms. The average Bonchev–Trinajstić information content (AvgIpc) is 2.88. The summed E-state index contributed by atoms with van der Waals surface area (Å²) >= 11 is 11.6. The zero-order chi connectivity index (χ0) is 15.5. The first-order chi connectivity index (χ1) is 10.6. The maximum atomic E-state index is 12.0. The highest BCUT2D eigenvalue weighted by atomic mass is 35.5. The number of carbonyl (C=O) groups excluding carboxylic acids is 1.